The summed E-state index contributed by atoms with van der Waals surface area (Å²) in [6.07, 6.45) is 0. The topological polar surface area (TPSA) is 49.4 Å². The summed E-state index contributed by atoms with van der Waals surface area (Å²) >= 11 is 3.42. The zero-order valence-corrected chi connectivity index (χ0v) is 16.6. The Labute approximate surface area is 174 Å². The maximum Gasteiger partial charge on any atom is 0.258 e. The zero-order valence-electron chi connectivity index (χ0n) is 15.0. The Morgan fingerprint density at radius 2 is 1.76 bits per heavy atom. The van der Waals surface area contributed by atoms with Crippen LogP contribution in [-0.4, -0.2) is 23.3 Å². The number of fused-ring (bicyclic) bond motifs is 1. The zero-order chi connectivity index (χ0) is 20.5. The van der Waals surface area contributed by atoms with Crippen LogP contribution in [0.3, 0.4) is 0 Å². The molecule has 0 spiro atoms. The second kappa shape index (κ2) is 7.75. The summed E-state index contributed by atoms with van der Waals surface area (Å²) < 4.78 is 28.6. The summed E-state index contributed by atoms with van der Waals surface area (Å²) in [5.41, 5.74) is 1.65. The van der Waals surface area contributed by atoms with Crippen LogP contribution in [0.25, 0.3) is 0 Å². The second-order valence-corrected chi connectivity index (χ2v) is 7.56. The first-order chi connectivity index (χ1) is 13.9. The van der Waals surface area contributed by atoms with Crippen molar-refractivity contribution in [3.63, 3.8) is 0 Å². The van der Waals surface area contributed by atoms with E-state index < -0.39 is 29.5 Å². The van der Waals surface area contributed by atoms with Crippen molar-refractivity contribution in [2.24, 2.45) is 0 Å². The molecule has 0 saturated heterocycles. The Morgan fingerprint density at radius 3 is 2.48 bits per heavy atom. The maximum atomic E-state index is 14.3. The van der Waals surface area contributed by atoms with Crippen LogP contribution < -0.4 is 5.32 Å². The molecule has 1 atom stereocenters. The van der Waals surface area contributed by atoms with Gasteiger partial charge in [-0.15, -0.1) is 0 Å². The molecule has 0 bridgehead atoms. The smallest absolute Gasteiger partial charge is 0.258 e. The van der Waals surface area contributed by atoms with E-state index in [0.717, 1.165) is 4.47 Å². The van der Waals surface area contributed by atoms with Gasteiger partial charge >= 0.3 is 0 Å². The molecule has 29 heavy (non-hydrogen) atoms. The van der Waals surface area contributed by atoms with Gasteiger partial charge < -0.3 is 10.2 Å². The molecule has 1 aliphatic heterocycles. The summed E-state index contributed by atoms with van der Waals surface area (Å²) in [7, 11) is 0. The quantitative estimate of drug-likeness (QED) is 0.595. The SMILES string of the molecule is O=C1CN(C(=O)c2ccccc2F)[C@@H](c2ccc(F)cc2)c2cc(Br)ccc2N1. The summed E-state index contributed by atoms with van der Waals surface area (Å²) in [6, 6.07) is 15.9. The van der Waals surface area contributed by atoms with E-state index in [1.807, 2.05) is 0 Å². The van der Waals surface area contributed by atoms with Crippen molar-refractivity contribution >= 4 is 33.4 Å². The van der Waals surface area contributed by atoms with Crippen LogP contribution in [0.1, 0.15) is 27.5 Å². The minimum absolute atomic E-state index is 0.133. The van der Waals surface area contributed by atoms with Crippen molar-refractivity contribution in [3.8, 4) is 0 Å². The van der Waals surface area contributed by atoms with Crippen LogP contribution >= 0.6 is 15.9 Å². The summed E-state index contributed by atoms with van der Waals surface area (Å²) in [5, 5.41) is 2.79. The van der Waals surface area contributed by atoms with Gasteiger partial charge in [-0.25, -0.2) is 8.78 Å². The predicted molar refractivity (Wildman–Crippen MR) is 108 cm³/mol. The standard InChI is InChI=1S/C22H15BrF2N2O2/c23-14-7-10-19-17(11-14)21(13-5-8-15(24)9-6-13)27(12-20(28)26-19)22(29)16-3-1-2-4-18(16)25/h1-11,21H,12H2,(H,26,28)/t21-/m0/s1. The van der Waals surface area contributed by atoms with Crippen molar-refractivity contribution < 1.29 is 18.4 Å². The average Bonchev–Trinajstić information content (AvgIpc) is 2.84. The van der Waals surface area contributed by atoms with Gasteiger partial charge in [-0.3, -0.25) is 9.59 Å². The summed E-state index contributed by atoms with van der Waals surface area (Å²) in [5.74, 6) is -2.12. The molecule has 1 N–H and O–H groups in total. The lowest BCUT2D eigenvalue weighted by molar-refractivity contribution is -0.117. The first kappa shape index (κ1) is 19.3. The second-order valence-electron chi connectivity index (χ2n) is 6.65. The van der Waals surface area contributed by atoms with Crippen molar-refractivity contribution in [2.75, 3.05) is 11.9 Å². The van der Waals surface area contributed by atoms with Crippen LogP contribution in [0.2, 0.25) is 0 Å². The molecular formula is C22H15BrF2N2O2. The Morgan fingerprint density at radius 1 is 1.03 bits per heavy atom. The van der Waals surface area contributed by atoms with Gasteiger partial charge in [0.1, 0.15) is 18.2 Å². The highest BCUT2D eigenvalue weighted by Gasteiger charge is 2.34. The molecule has 0 unspecified atom stereocenters. The molecular weight excluding hydrogens is 442 g/mol. The van der Waals surface area contributed by atoms with Gasteiger partial charge in [0, 0.05) is 15.7 Å². The molecule has 3 aromatic carbocycles. The van der Waals surface area contributed by atoms with Gasteiger partial charge in [0.25, 0.3) is 5.91 Å². The molecule has 0 aromatic heterocycles. The lowest BCUT2D eigenvalue weighted by atomic mass is 9.95. The highest BCUT2D eigenvalue weighted by Crippen LogP contribution is 2.38. The molecule has 0 fully saturated rings. The molecule has 2 amide bonds. The van der Waals surface area contributed by atoms with Crippen LogP contribution in [0.5, 0.6) is 0 Å². The van der Waals surface area contributed by atoms with E-state index in [1.165, 1.54) is 35.2 Å². The fourth-order valence-corrected chi connectivity index (χ4v) is 3.84. The van der Waals surface area contributed by atoms with E-state index in [4.69, 9.17) is 0 Å². The third-order valence-corrected chi connectivity index (χ3v) is 5.25. The third kappa shape index (κ3) is 3.78. The lowest BCUT2D eigenvalue weighted by Crippen LogP contribution is -2.39. The average molecular weight is 457 g/mol. The molecule has 3 aromatic rings. The number of nitrogens with one attached hydrogen (secondary N) is 1. The number of benzene rings is 3. The van der Waals surface area contributed by atoms with E-state index in [9.17, 15) is 18.4 Å². The van der Waals surface area contributed by atoms with Crippen LogP contribution in [0.4, 0.5) is 14.5 Å². The number of nitrogens with zero attached hydrogens (tertiary/aromatic N) is 1. The fraction of sp³-hybridized carbons (Fsp3) is 0.0909. The molecule has 1 aliphatic rings. The van der Waals surface area contributed by atoms with Gasteiger partial charge in [-0.2, -0.15) is 0 Å². The Kier molecular flexibility index (Phi) is 5.15. The van der Waals surface area contributed by atoms with E-state index in [1.54, 1.807) is 36.4 Å². The highest BCUT2D eigenvalue weighted by molar-refractivity contribution is 9.10. The molecule has 0 radical (unpaired) electrons. The number of hydrogen-bond acceptors (Lipinski definition) is 2. The number of carbonyl (C=O) groups excluding carboxylic acids is 2. The number of hydrogen-bond donors (Lipinski definition) is 1. The van der Waals surface area contributed by atoms with Crippen LogP contribution in [0.15, 0.2) is 71.2 Å². The van der Waals surface area contributed by atoms with Gasteiger partial charge in [0.05, 0.1) is 11.6 Å². The molecule has 0 aliphatic carbocycles. The molecule has 4 nitrogen and oxygen atoms in total. The van der Waals surface area contributed by atoms with Crippen molar-refractivity contribution in [1.29, 1.82) is 0 Å². The maximum absolute atomic E-state index is 14.3. The molecule has 7 heteroatoms. The number of halogens is 3. The van der Waals surface area contributed by atoms with Gasteiger partial charge in [0.2, 0.25) is 5.91 Å². The fourth-order valence-electron chi connectivity index (χ4n) is 3.46. The van der Waals surface area contributed by atoms with Gasteiger partial charge in [0.15, 0.2) is 0 Å². The Balaban J connectivity index is 1.91. The van der Waals surface area contributed by atoms with E-state index >= 15 is 0 Å². The Bertz CT molecular complexity index is 1100. The number of carbonyl (C=O) groups is 2. The molecule has 4 rings (SSSR count). The normalized spacial score (nSPS) is 16.0. The minimum atomic E-state index is -0.714. The van der Waals surface area contributed by atoms with Crippen molar-refractivity contribution in [3.05, 3.63) is 99.5 Å². The number of rotatable bonds is 2. The predicted octanol–water partition coefficient (Wildman–Crippen LogP) is 4.91. The van der Waals surface area contributed by atoms with Gasteiger partial charge in [-0.05, 0) is 48.0 Å². The van der Waals surface area contributed by atoms with E-state index in [2.05, 4.69) is 21.2 Å². The van der Waals surface area contributed by atoms with E-state index in [-0.39, 0.29) is 12.1 Å². The largest absolute Gasteiger partial charge is 0.324 e. The van der Waals surface area contributed by atoms with E-state index in [0.29, 0.717) is 16.8 Å². The first-order valence-electron chi connectivity index (χ1n) is 8.84. The minimum Gasteiger partial charge on any atom is -0.324 e. The monoisotopic (exact) mass is 456 g/mol. The number of amides is 2. The summed E-state index contributed by atoms with van der Waals surface area (Å²) in [4.78, 5) is 27.1. The highest BCUT2D eigenvalue weighted by atomic mass is 79.9. The molecule has 1 heterocycles. The number of anilines is 1. The third-order valence-electron chi connectivity index (χ3n) is 4.76. The first-order valence-corrected chi connectivity index (χ1v) is 9.63. The Hall–Kier alpha value is -3.06. The molecule has 0 saturated carbocycles. The van der Waals surface area contributed by atoms with Crippen LogP contribution in [0, 0.1) is 11.6 Å². The van der Waals surface area contributed by atoms with Crippen molar-refractivity contribution in [1.82, 2.24) is 4.90 Å². The summed E-state index contributed by atoms with van der Waals surface area (Å²) in [6.45, 7) is -0.276. The van der Waals surface area contributed by atoms with Gasteiger partial charge in [-0.1, -0.05) is 40.2 Å². The van der Waals surface area contributed by atoms with Crippen LogP contribution in [-0.2, 0) is 4.79 Å². The molecule has 146 valence electrons. The van der Waals surface area contributed by atoms with Crippen molar-refractivity contribution in [2.45, 2.75) is 6.04 Å². The lowest BCUT2D eigenvalue weighted by Gasteiger charge is -2.31.